The van der Waals surface area contributed by atoms with Gasteiger partial charge in [-0.15, -0.1) is 11.3 Å². The van der Waals surface area contributed by atoms with E-state index >= 15 is 0 Å². The van der Waals surface area contributed by atoms with E-state index in [-0.39, 0.29) is 0 Å². The van der Waals surface area contributed by atoms with E-state index in [1.54, 1.807) is 11.3 Å². The van der Waals surface area contributed by atoms with E-state index in [0.29, 0.717) is 12.2 Å². The number of fused-ring (bicyclic) bond motifs is 1. The van der Waals surface area contributed by atoms with Gasteiger partial charge in [0, 0.05) is 10.4 Å². The van der Waals surface area contributed by atoms with Crippen molar-refractivity contribution in [3.05, 3.63) is 41.5 Å². The van der Waals surface area contributed by atoms with E-state index in [1.807, 2.05) is 44.2 Å². The van der Waals surface area contributed by atoms with Crippen molar-refractivity contribution in [2.45, 2.75) is 26.3 Å². The smallest absolute Gasteiger partial charge is 0.326 e. The highest BCUT2D eigenvalue weighted by atomic mass is 32.1. The number of aliphatic carboxylic acids is 1. The molecule has 0 bridgehead atoms. The molecule has 3 rings (SSSR count). The number of nitrogens with zero attached hydrogens (tertiary/aromatic N) is 2. The minimum atomic E-state index is -0.882. The van der Waals surface area contributed by atoms with E-state index in [4.69, 9.17) is 0 Å². The van der Waals surface area contributed by atoms with Gasteiger partial charge in [-0.25, -0.2) is 14.8 Å². The fraction of sp³-hybridized carbons (Fsp3) is 0.235. The van der Waals surface area contributed by atoms with Gasteiger partial charge in [-0.3, -0.25) is 0 Å². The maximum atomic E-state index is 11.3. The summed E-state index contributed by atoms with van der Waals surface area (Å²) in [6.07, 6.45) is 1.95. The average Bonchev–Trinajstić information content (AvgIpc) is 2.89. The van der Waals surface area contributed by atoms with Gasteiger partial charge in [0.15, 0.2) is 0 Å². The molecular weight excluding hydrogens is 310 g/mol. The molecule has 0 aliphatic heterocycles. The Morgan fingerprint density at radius 3 is 2.70 bits per heavy atom. The summed E-state index contributed by atoms with van der Waals surface area (Å²) in [5.74, 6) is -0.306. The van der Waals surface area contributed by atoms with Crippen LogP contribution in [0.15, 0.2) is 36.7 Å². The highest BCUT2D eigenvalue weighted by Crippen LogP contribution is 2.40. The lowest BCUT2D eigenvalue weighted by molar-refractivity contribution is -0.137. The van der Waals surface area contributed by atoms with E-state index in [1.165, 1.54) is 6.33 Å². The highest BCUT2D eigenvalue weighted by Gasteiger charge is 2.20. The summed E-state index contributed by atoms with van der Waals surface area (Å²) in [6, 6.07) is 9.36. The summed E-state index contributed by atoms with van der Waals surface area (Å²) < 4.78 is 0. The van der Waals surface area contributed by atoms with Gasteiger partial charge < -0.3 is 10.4 Å². The molecule has 2 N–H and O–H groups in total. The molecule has 5 nitrogen and oxygen atoms in total. The Morgan fingerprint density at radius 1 is 1.30 bits per heavy atom. The number of aromatic nitrogens is 2. The van der Waals surface area contributed by atoms with Crippen LogP contribution in [0.3, 0.4) is 0 Å². The molecule has 2 heterocycles. The summed E-state index contributed by atoms with van der Waals surface area (Å²) in [4.78, 5) is 22.0. The lowest BCUT2D eigenvalue weighted by Crippen LogP contribution is -2.28. The zero-order valence-electron chi connectivity index (χ0n) is 12.9. The number of rotatable bonds is 5. The van der Waals surface area contributed by atoms with Gasteiger partial charge in [0.2, 0.25) is 0 Å². The Balaban J connectivity index is 2.18. The largest absolute Gasteiger partial charge is 0.480 e. The van der Waals surface area contributed by atoms with Gasteiger partial charge in [0.05, 0.1) is 5.39 Å². The minimum Gasteiger partial charge on any atom is -0.480 e. The normalized spacial score (nSPS) is 12.3. The third-order valence-corrected chi connectivity index (χ3v) is 4.76. The summed E-state index contributed by atoms with van der Waals surface area (Å²) in [6.45, 7) is 3.88. The van der Waals surface area contributed by atoms with Crippen molar-refractivity contribution in [3.63, 3.8) is 0 Å². The summed E-state index contributed by atoms with van der Waals surface area (Å²) in [5.41, 5.74) is 2.14. The van der Waals surface area contributed by atoms with Crippen LogP contribution in [-0.2, 0) is 4.79 Å². The van der Waals surface area contributed by atoms with Crippen LogP contribution in [0.5, 0.6) is 0 Å². The Bertz CT molecular complexity index is 846. The number of hydrogen-bond donors (Lipinski definition) is 2. The van der Waals surface area contributed by atoms with Crippen molar-refractivity contribution in [1.82, 2.24) is 9.97 Å². The molecule has 3 aromatic rings. The van der Waals surface area contributed by atoms with Gasteiger partial charge in [0.25, 0.3) is 0 Å². The molecule has 0 aliphatic carbocycles. The molecular formula is C17H17N3O2S. The zero-order valence-corrected chi connectivity index (χ0v) is 13.7. The number of carboxylic acid groups (broad SMARTS) is 1. The van der Waals surface area contributed by atoms with Crippen LogP contribution < -0.4 is 5.32 Å². The van der Waals surface area contributed by atoms with E-state index in [2.05, 4.69) is 15.3 Å². The molecule has 2 aromatic heterocycles. The van der Waals surface area contributed by atoms with Crippen molar-refractivity contribution in [2.75, 3.05) is 5.32 Å². The van der Waals surface area contributed by atoms with E-state index in [0.717, 1.165) is 26.2 Å². The zero-order chi connectivity index (χ0) is 16.4. The summed E-state index contributed by atoms with van der Waals surface area (Å²) in [7, 11) is 0. The number of aryl methyl sites for hydroxylation is 1. The van der Waals surface area contributed by atoms with Gasteiger partial charge in [0.1, 0.15) is 23.0 Å². The molecule has 0 amide bonds. The molecule has 1 aromatic carbocycles. The maximum Gasteiger partial charge on any atom is 0.326 e. The van der Waals surface area contributed by atoms with Crippen molar-refractivity contribution < 1.29 is 9.90 Å². The lowest BCUT2D eigenvalue weighted by atomic mass is 10.0. The molecule has 1 atom stereocenters. The first kappa shape index (κ1) is 15.4. The number of thiophene rings is 1. The van der Waals surface area contributed by atoms with Crippen LogP contribution in [-0.4, -0.2) is 27.1 Å². The number of nitrogens with one attached hydrogen (secondary N) is 1. The Labute approximate surface area is 138 Å². The second-order valence-electron chi connectivity index (χ2n) is 5.25. The monoisotopic (exact) mass is 327 g/mol. The van der Waals surface area contributed by atoms with Crippen molar-refractivity contribution >= 4 is 33.3 Å². The molecule has 23 heavy (non-hydrogen) atoms. The van der Waals surface area contributed by atoms with E-state index < -0.39 is 12.0 Å². The SMILES string of the molecule is CCC(Nc1ncnc2sc(C)c(-c3ccccc3)c12)C(=O)O. The van der Waals surface area contributed by atoms with Crippen molar-refractivity contribution in [1.29, 1.82) is 0 Å². The number of hydrogen-bond acceptors (Lipinski definition) is 5. The molecule has 0 spiro atoms. The first-order valence-electron chi connectivity index (χ1n) is 7.40. The van der Waals surface area contributed by atoms with Crippen molar-refractivity contribution in [2.24, 2.45) is 0 Å². The van der Waals surface area contributed by atoms with Gasteiger partial charge in [-0.1, -0.05) is 37.3 Å². The molecule has 0 saturated carbocycles. The average molecular weight is 327 g/mol. The Kier molecular flexibility index (Phi) is 4.25. The second-order valence-corrected chi connectivity index (χ2v) is 6.45. The maximum absolute atomic E-state index is 11.3. The van der Waals surface area contributed by atoms with Crippen LogP contribution in [0.2, 0.25) is 0 Å². The van der Waals surface area contributed by atoms with Gasteiger partial charge >= 0.3 is 5.97 Å². The van der Waals surface area contributed by atoms with Crippen LogP contribution in [0.1, 0.15) is 18.2 Å². The van der Waals surface area contributed by atoms with Crippen LogP contribution in [0.4, 0.5) is 5.82 Å². The van der Waals surface area contributed by atoms with Crippen LogP contribution >= 0.6 is 11.3 Å². The first-order chi connectivity index (χ1) is 11.1. The van der Waals surface area contributed by atoms with Crippen molar-refractivity contribution in [3.8, 4) is 11.1 Å². The van der Waals surface area contributed by atoms with Crippen LogP contribution in [0.25, 0.3) is 21.3 Å². The molecule has 0 saturated heterocycles. The highest BCUT2D eigenvalue weighted by molar-refractivity contribution is 7.19. The third kappa shape index (κ3) is 2.90. The third-order valence-electron chi connectivity index (χ3n) is 3.74. The predicted molar refractivity (Wildman–Crippen MR) is 92.9 cm³/mol. The quantitative estimate of drug-likeness (QED) is 0.742. The number of benzene rings is 1. The first-order valence-corrected chi connectivity index (χ1v) is 8.22. The number of carbonyl (C=O) groups is 1. The molecule has 6 heteroatoms. The second kappa shape index (κ2) is 6.34. The van der Waals surface area contributed by atoms with Gasteiger partial charge in [-0.05, 0) is 18.9 Å². The molecule has 1 unspecified atom stereocenters. The molecule has 0 fully saturated rings. The predicted octanol–water partition coefficient (Wildman–Crippen LogP) is 3.94. The summed E-state index contributed by atoms with van der Waals surface area (Å²) >= 11 is 1.59. The lowest BCUT2D eigenvalue weighted by Gasteiger charge is -2.14. The fourth-order valence-electron chi connectivity index (χ4n) is 2.61. The standard InChI is InChI=1S/C17H17N3O2S/c1-3-12(17(21)22)20-15-14-13(11-7-5-4-6-8-11)10(2)23-16(14)19-9-18-15/h4-9,12H,3H2,1-2H3,(H,21,22)(H,18,19,20). The topological polar surface area (TPSA) is 75.1 Å². The van der Waals surface area contributed by atoms with Crippen LogP contribution in [0, 0.1) is 6.92 Å². The Hall–Kier alpha value is -2.47. The summed E-state index contributed by atoms with van der Waals surface area (Å²) in [5, 5.41) is 13.2. The molecule has 118 valence electrons. The fourth-order valence-corrected chi connectivity index (χ4v) is 3.62. The number of carboxylic acids is 1. The molecule has 0 aliphatic rings. The van der Waals surface area contributed by atoms with Gasteiger partial charge in [-0.2, -0.15) is 0 Å². The Morgan fingerprint density at radius 2 is 2.04 bits per heavy atom. The van der Waals surface area contributed by atoms with E-state index in [9.17, 15) is 9.90 Å². The number of anilines is 1. The minimum absolute atomic E-state index is 0.477. The molecule has 0 radical (unpaired) electrons.